The Balaban J connectivity index is 1.57. The molecule has 0 bridgehead atoms. The van der Waals surface area contributed by atoms with Crippen molar-refractivity contribution in [2.75, 3.05) is 4.67 Å². The lowest BCUT2D eigenvalue weighted by atomic mass is 10.1. The normalized spacial score (nSPS) is 11.1. The minimum absolute atomic E-state index is 0.611. The fourth-order valence-electron chi connectivity index (χ4n) is 3.23. The van der Waals surface area contributed by atoms with Crippen molar-refractivity contribution in [3.8, 4) is 22.6 Å². The van der Waals surface area contributed by atoms with Gasteiger partial charge in [0.15, 0.2) is 5.65 Å². The van der Waals surface area contributed by atoms with Gasteiger partial charge in [-0.05, 0) is 45.8 Å². The van der Waals surface area contributed by atoms with E-state index in [0.717, 1.165) is 39.8 Å². The van der Waals surface area contributed by atoms with Crippen molar-refractivity contribution in [3.05, 3.63) is 85.2 Å². The van der Waals surface area contributed by atoms with Crippen molar-refractivity contribution in [2.45, 2.75) is 6.54 Å². The number of aromatic nitrogens is 6. The van der Waals surface area contributed by atoms with Gasteiger partial charge in [0.05, 0.1) is 23.6 Å². The summed E-state index contributed by atoms with van der Waals surface area (Å²) in [5, 5.41) is 4.24. The predicted octanol–water partition coefficient (Wildman–Crippen LogP) is 3.98. The molecule has 1 aromatic carbocycles. The summed E-state index contributed by atoms with van der Waals surface area (Å²) in [5.74, 6) is 0.846. The fourth-order valence-corrected chi connectivity index (χ4v) is 3.58. The number of nitrogens with one attached hydrogen (secondary N) is 1. The third-order valence-corrected chi connectivity index (χ3v) is 5.11. The molecule has 0 aliphatic carbocycles. The van der Waals surface area contributed by atoms with Gasteiger partial charge in [-0.2, -0.15) is 5.10 Å². The van der Waals surface area contributed by atoms with Crippen LogP contribution in [0.3, 0.4) is 0 Å². The van der Waals surface area contributed by atoms with E-state index >= 15 is 0 Å². The number of hydrogen-bond acceptors (Lipinski definition) is 5. The summed E-state index contributed by atoms with van der Waals surface area (Å²) < 4.78 is 3.82. The van der Waals surface area contributed by atoms with E-state index in [4.69, 9.17) is 4.98 Å². The van der Waals surface area contributed by atoms with E-state index in [1.165, 1.54) is 0 Å². The Kier molecular flexibility index (Phi) is 4.50. The lowest BCUT2D eigenvalue weighted by molar-refractivity contribution is 0.945. The molecule has 1 unspecified atom stereocenters. The highest BCUT2D eigenvalue weighted by Gasteiger charge is 2.17. The molecule has 0 radical (unpaired) electrons. The Labute approximate surface area is 169 Å². The maximum absolute atomic E-state index is 4.90. The summed E-state index contributed by atoms with van der Waals surface area (Å²) in [4.78, 5) is 17.1. The van der Waals surface area contributed by atoms with Crippen LogP contribution < -0.4 is 4.67 Å². The molecule has 0 aliphatic rings. The van der Waals surface area contributed by atoms with Crippen LogP contribution >= 0.6 is 9.39 Å². The Morgan fingerprint density at radius 2 is 1.83 bits per heavy atom. The molecule has 8 heteroatoms. The SMILES string of the molecule is PN(Cc1nc(-c2ccc3ncnn3c2)c(-c2ccccn2)[nH]1)c1ccccc1. The Morgan fingerprint density at radius 3 is 2.66 bits per heavy atom. The fraction of sp³-hybridized carbons (Fsp3) is 0.0476. The molecular weight excluding hydrogens is 381 g/mol. The largest absolute Gasteiger partial charge is 0.349 e. The van der Waals surface area contributed by atoms with Gasteiger partial charge in [-0.1, -0.05) is 24.3 Å². The van der Waals surface area contributed by atoms with Crippen molar-refractivity contribution in [3.63, 3.8) is 0 Å². The summed E-state index contributed by atoms with van der Waals surface area (Å²) >= 11 is 0. The van der Waals surface area contributed by atoms with Crippen LogP contribution in [-0.2, 0) is 6.54 Å². The van der Waals surface area contributed by atoms with Crippen molar-refractivity contribution in [1.29, 1.82) is 0 Å². The van der Waals surface area contributed by atoms with Crippen molar-refractivity contribution in [2.24, 2.45) is 0 Å². The average Bonchev–Trinajstić information content (AvgIpc) is 3.41. The second-order valence-electron chi connectivity index (χ2n) is 6.57. The van der Waals surface area contributed by atoms with Crippen LogP contribution in [0.25, 0.3) is 28.3 Å². The molecule has 0 saturated carbocycles. The first kappa shape index (κ1) is 17.5. The maximum Gasteiger partial charge on any atom is 0.155 e. The molecule has 5 rings (SSSR count). The van der Waals surface area contributed by atoms with E-state index < -0.39 is 0 Å². The van der Waals surface area contributed by atoms with Gasteiger partial charge in [-0.3, -0.25) is 4.98 Å². The van der Waals surface area contributed by atoms with Gasteiger partial charge in [0, 0.05) is 23.6 Å². The topological polar surface area (TPSA) is 75.0 Å². The molecule has 0 fully saturated rings. The van der Waals surface area contributed by atoms with Crippen LogP contribution in [0.4, 0.5) is 5.69 Å². The summed E-state index contributed by atoms with van der Waals surface area (Å²) in [5.41, 5.74) is 5.40. The summed E-state index contributed by atoms with van der Waals surface area (Å²) in [7, 11) is 2.76. The van der Waals surface area contributed by atoms with Crippen molar-refractivity contribution >= 4 is 20.7 Å². The standard InChI is InChI=1S/C21H18N7P/c29-28(16-6-2-1-3-7-16)13-18-25-20(21(26-18)17-8-4-5-11-22-17)15-9-10-19-23-14-24-27(19)12-15/h1-12,14H,13,29H2,(H,25,26). The zero-order chi connectivity index (χ0) is 19.6. The molecule has 0 amide bonds. The molecule has 4 heterocycles. The number of fused-ring (bicyclic) bond motifs is 1. The van der Waals surface area contributed by atoms with Crippen molar-refractivity contribution < 1.29 is 0 Å². The van der Waals surface area contributed by atoms with Crippen LogP contribution in [-0.4, -0.2) is 29.5 Å². The van der Waals surface area contributed by atoms with Gasteiger partial charge < -0.3 is 9.65 Å². The van der Waals surface area contributed by atoms with Crippen LogP contribution in [0.1, 0.15) is 5.82 Å². The molecule has 7 nitrogen and oxygen atoms in total. The molecule has 1 N–H and O–H groups in total. The first-order valence-electron chi connectivity index (χ1n) is 9.15. The number of pyridine rings is 2. The van der Waals surface area contributed by atoms with Gasteiger partial charge in [0.1, 0.15) is 12.2 Å². The molecule has 0 saturated heterocycles. The minimum atomic E-state index is 0.611. The molecular formula is C21H18N7P. The quantitative estimate of drug-likeness (QED) is 0.453. The van der Waals surface area contributed by atoms with Gasteiger partial charge in [-0.15, -0.1) is 0 Å². The summed E-state index contributed by atoms with van der Waals surface area (Å²) in [6.07, 6.45) is 5.26. The number of para-hydroxylation sites is 1. The van der Waals surface area contributed by atoms with Crippen LogP contribution in [0.15, 0.2) is 79.4 Å². The summed E-state index contributed by atoms with van der Waals surface area (Å²) in [6, 6.07) is 20.0. The number of aromatic amines is 1. The van der Waals surface area contributed by atoms with Gasteiger partial charge in [0.25, 0.3) is 0 Å². The monoisotopic (exact) mass is 399 g/mol. The highest BCUT2D eigenvalue weighted by molar-refractivity contribution is 7.19. The number of nitrogens with zero attached hydrogens (tertiary/aromatic N) is 6. The number of imidazole rings is 1. The van der Waals surface area contributed by atoms with Gasteiger partial charge in [-0.25, -0.2) is 14.5 Å². The average molecular weight is 399 g/mol. The highest BCUT2D eigenvalue weighted by atomic mass is 31.0. The van der Waals surface area contributed by atoms with Gasteiger partial charge in [0.2, 0.25) is 0 Å². The molecule has 0 aliphatic heterocycles. The molecule has 1 atom stereocenters. The molecule has 5 aromatic rings. The first-order valence-corrected chi connectivity index (χ1v) is 9.67. The minimum Gasteiger partial charge on any atom is -0.349 e. The lowest BCUT2D eigenvalue weighted by Crippen LogP contribution is -2.09. The number of rotatable bonds is 5. The van der Waals surface area contributed by atoms with Crippen LogP contribution in [0, 0.1) is 0 Å². The van der Waals surface area contributed by atoms with Gasteiger partial charge >= 0.3 is 0 Å². The molecule has 29 heavy (non-hydrogen) atoms. The summed E-state index contributed by atoms with van der Waals surface area (Å²) in [6.45, 7) is 0.611. The van der Waals surface area contributed by atoms with Crippen LogP contribution in [0.2, 0.25) is 0 Å². The van der Waals surface area contributed by atoms with E-state index in [0.29, 0.717) is 6.54 Å². The van der Waals surface area contributed by atoms with Crippen molar-refractivity contribution in [1.82, 2.24) is 29.5 Å². The van der Waals surface area contributed by atoms with E-state index in [1.54, 1.807) is 17.0 Å². The maximum atomic E-state index is 4.90. The molecule has 142 valence electrons. The van der Waals surface area contributed by atoms with E-state index in [2.05, 4.69) is 46.2 Å². The van der Waals surface area contributed by atoms with E-state index in [9.17, 15) is 0 Å². The zero-order valence-corrected chi connectivity index (χ0v) is 16.6. The Morgan fingerprint density at radius 1 is 0.966 bits per heavy atom. The van der Waals surface area contributed by atoms with Crippen LogP contribution in [0.5, 0.6) is 0 Å². The predicted molar refractivity (Wildman–Crippen MR) is 116 cm³/mol. The Bertz CT molecular complexity index is 1250. The third kappa shape index (κ3) is 3.48. The highest BCUT2D eigenvalue weighted by Crippen LogP contribution is 2.30. The first-order chi connectivity index (χ1) is 14.3. The lowest BCUT2D eigenvalue weighted by Gasteiger charge is -2.17. The second-order valence-corrected chi connectivity index (χ2v) is 7.19. The third-order valence-electron chi connectivity index (χ3n) is 4.63. The number of hydrogen-bond donors (Lipinski definition) is 1. The molecule has 4 aromatic heterocycles. The number of anilines is 1. The Hall–Kier alpha value is -3.57. The van der Waals surface area contributed by atoms with E-state index in [1.807, 2.05) is 54.7 Å². The smallest absolute Gasteiger partial charge is 0.155 e. The zero-order valence-electron chi connectivity index (χ0n) is 15.5. The second kappa shape index (κ2) is 7.45. The molecule has 0 spiro atoms. The number of H-pyrrole nitrogens is 1. The number of benzene rings is 1. The van der Waals surface area contributed by atoms with E-state index in [-0.39, 0.29) is 0 Å².